The molecule has 2 N–H and O–H groups in total. The lowest BCUT2D eigenvalue weighted by molar-refractivity contribution is -0.138. The standard InChI is InChI=1S/C15H17NO5/c1-4-20-10-5-6-12-11(7-10)13(9(3)21-12)14(17)16-8(2)15(18)19/h5-8H,4H2,1-3H3,(H,16,17)(H,18,19). The molecule has 6 heteroatoms. The largest absolute Gasteiger partial charge is 0.494 e. The van der Waals surface area contributed by atoms with Crippen LogP contribution in [-0.2, 0) is 4.79 Å². The number of furan rings is 1. The van der Waals surface area contributed by atoms with Crippen molar-refractivity contribution >= 4 is 22.8 Å². The van der Waals surface area contributed by atoms with Gasteiger partial charge in [0.25, 0.3) is 5.91 Å². The Kier molecular flexibility index (Phi) is 4.16. The first-order valence-corrected chi connectivity index (χ1v) is 6.63. The highest BCUT2D eigenvalue weighted by Gasteiger charge is 2.22. The number of amides is 1. The van der Waals surface area contributed by atoms with Gasteiger partial charge in [-0.3, -0.25) is 9.59 Å². The van der Waals surface area contributed by atoms with Crippen molar-refractivity contribution in [3.63, 3.8) is 0 Å². The summed E-state index contributed by atoms with van der Waals surface area (Å²) >= 11 is 0. The Bertz CT molecular complexity index is 689. The van der Waals surface area contributed by atoms with Gasteiger partial charge < -0.3 is 19.6 Å². The summed E-state index contributed by atoms with van der Waals surface area (Å²) in [6, 6.07) is 4.23. The molecule has 0 aliphatic heterocycles. The molecule has 1 aromatic heterocycles. The Morgan fingerprint density at radius 2 is 2.14 bits per heavy atom. The molecule has 0 saturated carbocycles. The Morgan fingerprint density at radius 1 is 1.43 bits per heavy atom. The third-order valence-electron chi connectivity index (χ3n) is 3.09. The number of aryl methyl sites for hydroxylation is 1. The van der Waals surface area contributed by atoms with Crippen LogP contribution in [0.2, 0.25) is 0 Å². The van der Waals surface area contributed by atoms with Crippen molar-refractivity contribution in [2.24, 2.45) is 0 Å². The molecule has 0 spiro atoms. The van der Waals surface area contributed by atoms with E-state index in [0.717, 1.165) is 0 Å². The van der Waals surface area contributed by atoms with Crippen LogP contribution in [0.3, 0.4) is 0 Å². The zero-order chi connectivity index (χ0) is 15.6. The predicted octanol–water partition coefficient (Wildman–Crippen LogP) is 2.34. The third-order valence-corrected chi connectivity index (χ3v) is 3.09. The van der Waals surface area contributed by atoms with Crippen LogP contribution in [0.15, 0.2) is 22.6 Å². The van der Waals surface area contributed by atoms with E-state index in [0.29, 0.717) is 34.6 Å². The first-order valence-electron chi connectivity index (χ1n) is 6.63. The molecule has 0 fully saturated rings. The fraction of sp³-hybridized carbons (Fsp3) is 0.333. The van der Waals surface area contributed by atoms with Crippen LogP contribution in [0.25, 0.3) is 11.0 Å². The van der Waals surface area contributed by atoms with Gasteiger partial charge in [-0.15, -0.1) is 0 Å². The van der Waals surface area contributed by atoms with Gasteiger partial charge in [0, 0.05) is 5.39 Å². The molecule has 0 bridgehead atoms. The predicted molar refractivity (Wildman–Crippen MR) is 76.7 cm³/mol. The summed E-state index contributed by atoms with van der Waals surface area (Å²) in [5.74, 6) is -0.501. The molecule has 0 saturated heterocycles. The van der Waals surface area contributed by atoms with Gasteiger partial charge in [0.1, 0.15) is 23.1 Å². The molecular weight excluding hydrogens is 274 g/mol. The lowest BCUT2D eigenvalue weighted by Gasteiger charge is -2.09. The van der Waals surface area contributed by atoms with Crippen LogP contribution in [-0.4, -0.2) is 29.6 Å². The van der Waals surface area contributed by atoms with E-state index in [1.807, 2.05) is 6.92 Å². The van der Waals surface area contributed by atoms with Crippen LogP contribution < -0.4 is 10.1 Å². The molecule has 2 aromatic rings. The van der Waals surface area contributed by atoms with Crippen molar-refractivity contribution in [2.75, 3.05) is 6.61 Å². The minimum absolute atomic E-state index is 0.333. The second-order valence-corrected chi connectivity index (χ2v) is 4.66. The van der Waals surface area contributed by atoms with E-state index in [-0.39, 0.29) is 0 Å². The molecule has 0 aliphatic carbocycles. The quantitative estimate of drug-likeness (QED) is 0.882. The highest BCUT2D eigenvalue weighted by molar-refractivity contribution is 6.08. The number of aliphatic carboxylic acids is 1. The lowest BCUT2D eigenvalue weighted by Crippen LogP contribution is -2.38. The van der Waals surface area contributed by atoms with Crippen molar-refractivity contribution in [2.45, 2.75) is 26.8 Å². The molecule has 112 valence electrons. The van der Waals surface area contributed by atoms with Gasteiger partial charge in [-0.1, -0.05) is 0 Å². The lowest BCUT2D eigenvalue weighted by atomic mass is 10.1. The van der Waals surface area contributed by atoms with Crippen LogP contribution >= 0.6 is 0 Å². The topological polar surface area (TPSA) is 88.8 Å². The molecule has 0 aliphatic rings. The van der Waals surface area contributed by atoms with E-state index in [9.17, 15) is 9.59 Å². The van der Waals surface area contributed by atoms with E-state index in [1.54, 1.807) is 25.1 Å². The molecule has 21 heavy (non-hydrogen) atoms. The number of nitrogens with one attached hydrogen (secondary N) is 1. The van der Waals surface area contributed by atoms with Crippen molar-refractivity contribution < 1.29 is 23.8 Å². The van der Waals surface area contributed by atoms with Gasteiger partial charge in [-0.05, 0) is 39.0 Å². The fourth-order valence-electron chi connectivity index (χ4n) is 2.07. The highest BCUT2D eigenvalue weighted by Crippen LogP contribution is 2.29. The van der Waals surface area contributed by atoms with Crippen LogP contribution in [0.1, 0.15) is 30.0 Å². The number of ether oxygens (including phenoxy) is 1. The van der Waals surface area contributed by atoms with E-state index in [1.165, 1.54) is 6.92 Å². The fourth-order valence-corrected chi connectivity index (χ4v) is 2.07. The molecular formula is C15H17NO5. The average Bonchev–Trinajstić information content (AvgIpc) is 2.74. The van der Waals surface area contributed by atoms with E-state index < -0.39 is 17.9 Å². The average molecular weight is 291 g/mol. The summed E-state index contributed by atoms with van der Waals surface area (Å²) in [6.45, 7) is 5.46. The smallest absolute Gasteiger partial charge is 0.325 e. The van der Waals surface area contributed by atoms with Crippen LogP contribution in [0.4, 0.5) is 0 Å². The van der Waals surface area contributed by atoms with Gasteiger partial charge in [-0.2, -0.15) is 0 Å². The second kappa shape index (κ2) is 5.87. The highest BCUT2D eigenvalue weighted by atomic mass is 16.5. The molecule has 0 radical (unpaired) electrons. The van der Waals surface area contributed by atoms with Gasteiger partial charge in [0.2, 0.25) is 0 Å². The summed E-state index contributed by atoms with van der Waals surface area (Å²) in [5, 5.41) is 11.9. The van der Waals surface area contributed by atoms with Crippen molar-refractivity contribution in [1.29, 1.82) is 0 Å². The number of carbonyl (C=O) groups is 2. The Hall–Kier alpha value is -2.50. The molecule has 6 nitrogen and oxygen atoms in total. The number of hydrogen-bond donors (Lipinski definition) is 2. The summed E-state index contributed by atoms with van der Waals surface area (Å²) in [5.41, 5.74) is 0.892. The number of carbonyl (C=O) groups excluding carboxylic acids is 1. The minimum atomic E-state index is -1.09. The first kappa shape index (κ1) is 14.9. The number of hydrogen-bond acceptors (Lipinski definition) is 4. The Balaban J connectivity index is 2.42. The summed E-state index contributed by atoms with van der Waals surface area (Å²) < 4.78 is 10.9. The number of carboxylic acid groups (broad SMARTS) is 1. The monoisotopic (exact) mass is 291 g/mol. The summed E-state index contributed by atoms with van der Waals surface area (Å²) in [7, 11) is 0. The van der Waals surface area contributed by atoms with E-state index >= 15 is 0 Å². The molecule has 2 rings (SSSR count). The number of benzene rings is 1. The minimum Gasteiger partial charge on any atom is -0.494 e. The van der Waals surface area contributed by atoms with Gasteiger partial charge in [0.05, 0.1) is 12.2 Å². The SMILES string of the molecule is CCOc1ccc2oc(C)c(C(=O)NC(C)C(=O)O)c2c1. The Morgan fingerprint density at radius 3 is 2.76 bits per heavy atom. The number of fused-ring (bicyclic) bond motifs is 1. The van der Waals surface area contributed by atoms with Gasteiger partial charge in [0.15, 0.2) is 0 Å². The number of rotatable bonds is 5. The maximum atomic E-state index is 12.2. The first-order chi connectivity index (χ1) is 9.93. The van der Waals surface area contributed by atoms with E-state index in [2.05, 4.69) is 5.32 Å². The number of carboxylic acids is 1. The maximum absolute atomic E-state index is 12.2. The molecule has 1 amide bonds. The van der Waals surface area contributed by atoms with Crippen molar-refractivity contribution in [3.8, 4) is 5.75 Å². The van der Waals surface area contributed by atoms with E-state index in [4.69, 9.17) is 14.3 Å². The molecule has 1 aromatic carbocycles. The zero-order valence-corrected chi connectivity index (χ0v) is 12.1. The summed E-state index contributed by atoms with van der Waals surface area (Å²) in [4.78, 5) is 23.1. The normalized spacial score (nSPS) is 12.1. The van der Waals surface area contributed by atoms with Crippen LogP contribution in [0.5, 0.6) is 5.75 Å². The Labute approximate surface area is 121 Å². The van der Waals surface area contributed by atoms with Crippen molar-refractivity contribution in [3.05, 3.63) is 29.5 Å². The summed E-state index contributed by atoms with van der Waals surface area (Å²) in [6.07, 6.45) is 0. The maximum Gasteiger partial charge on any atom is 0.325 e. The van der Waals surface area contributed by atoms with Crippen molar-refractivity contribution in [1.82, 2.24) is 5.32 Å². The molecule has 1 unspecified atom stereocenters. The second-order valence-electron chi connectivity index (χ2n) is 4.66. The van der Waals surface area contributed by atoms with Gasteiger partial charge >= 0.3 is 5.97 Å². The zero-order valence-electron chi connectivity index (χ0n) is 12.1. The van der Waals surface area contributed by atoms with Gasteiger partial charge in [-0.25, -0.2) is 0 Å². The molecule has 1 heterocycles. The third kappa shape index (κ3) is 2.99. The molecule has 1 atom stereocenters. The van der Waals surface area contributed by atoms with Crippen LogP contribution in [0, 0.1) is 6.92 Å².